The van der Waals surface area contributed by atoms with Crippen molar-refractivity contribution < 1.29 is 14.3 Å². The molecule has 0 aliphatic carbocycles. The molecule has 0 saturated carbocycles. The molecular weight excluding hydrogens is 278 g/mol. The molecule has 4 nitrogen and oxygen atoms in total. The summed E-state index contributed by atoms with van der Waals surface area (Å²) >= 11 is 0. The van der Waals surface area contributed by atoms with E-state index in [-0.39, 0.29) is 5.97 Å². The third kappa shape index (κ3) is 3.02. The van der Waals surface area contributed by atoms with Gasteiger partial charge in [-0.25, -0.2) is 0 Å². The van der Waals surface area contributed by atoms with E-state index in [1.54, 1.807) is 0 Å². The van der Waals surface area contributed by atoms with Gasteiger partial charge in [0.05, 0.1) is 13.0 Å². The SMILES string of the molecule is CCOC(=O)Cc1ccc2[nH]c(C3CCOCC3)c(C)c2c1. The molecule has 1 N–H and O–H groups in total. The number of H-pyrrole nitrogens is 1. The lowest BCUT2D eigenvalue weighted by molar-refractivity contribution is -0.142. The molecule has 0 unspecified atom stereocenters. The van der Waals surface area contributed by atoms with Crippen LogP contribution in [-0.4, -0.2) is 30.8 Å². The number of esters is 1. The first-order valence-electron chi connectivity index (χ1n) is 8.03. The third-order valence-electron chi connectivity index (χ3n) is 4.44. The molecule has 3 rings (SSSR count). The fourth-order valence-corrected chi connectivity index (χ4v) is 3.28. The molecular formula is C18H23NO3. The average Bonchev–Trinajstić information content (AvgIpc) is 2.85. The number of ether oxygens (including phenoxy) is 2. The van der Waals surface area contributed by atoms with Crippen molar-refractivity contribution in [1.82, 2.24) is 4.98 Å². The second-order valence-corrected chi connectivity index (χ2v) is 5.91. The van der Waals surface area contributed by atoms with Gasteiger partial charge < -0.3 is 14.5 Å². The van der Waals surface area contributed by atoms with Gasteiger partial charge in [0, 0.05) is 35.7 Å². The predicted octanol–water partition coefficient (Wildman–Crippen LogP) is 3.48. The van der Waals surface area contributed by atoms with Gasteiger partial charge in [-0.05, 0) is 49.9 Å². The highest BCUT2D eigenvalue weighted by atomic mass is 16.5. The van der Waals surface area contributed by atoms with Crippen molar-refractivity contribution in [3.63, 3.8) is 0 Å². The van der Waals surface area contributed by atoms with Gasteiger partial charge in [0.25, 0.3) is 0 Å². The van der Waals surface area contributed by atoms with Crippen molar-refractivity contribution >= 4 is 16.9 Å². The summed E-state index contributed by atoms with van der Waals surface area (Å²) in [6.07, 6.45) is 2.48. The van der Waals surface area contributed by atoms with E-state index < -0.39 is 0 Å². The Morgan fingerprint density at radius 1 is 1.36 bits per heavy atom. The summed E-state index contributed by atoms with van der Waals surface area (Å²) < 4.78 is 10.5. The van der Waals surface area contributed by atoms with E-state index in [1.807, 2.05) is 13.0 Å². The second-order valence-electron chi connectivity index (χ2n) is 5.91. The maximum absolute atomic E-state index is 11.6. The molecule has 0 atom stereocenters. The number of hydrogen-bond acceptors (Lipinski definition) is 3. The van der Waals surface area contributed by atoms with Crippen molar-refractivity contribution in [1.29, 1.82) is 0 Å². The van der Waals surface area contributed by atoms with Gasteiger partial charge in [-0.3, -0.25) is 4.79 Å². The highest BCUT2D eigenvalue weighted by Crippen LogP contribution is 2.33. The fraction of sp³-hybridized carbons (Fsp3) is 0.500. The van der Waals surface area contributed by atoms with Gasteiger partial charge in [-0.2, -0.15) is 0 Å². The quantitative estimate of drug-likeness (QED) is 0.880. The Morgan fingerprint density at radius 2 is 2.14 bits per heavy atom. The van der Waals surface area contributed by atoms with Gasteiger partial charge in [0.2, 0.25) is 0 Å². The lowest BCUT2D eigenvalue weighted by Crippen LogP contribution is -2.14. The molecule has 1 aliphatic rings. The largest absolute Gasteiger partial charge is 0.466 e. The third-order valence-corrected chi connectivity index (χ3v) is 4.44. The van der Waals surface area contributed by atoms with E-state index in [0.717, 1.165) is 37.1 Å². The Balaban J connectivity index is 1.88. The zero-order chi connectivity index (χ0) is 15.5. The number of aryl methyl sites for hydroxylation is 1. The van der Waals surface area contributed by atoms with Gasteiger partial charge in [-0.1, -0.05) is 6.07 Å². The van der Waals surface area contributed by atoms with Gasteiger partial charge in [0.15, 0.2) is 0 Å². The van der Waals surface area contributed by atoms with Crippen LogP contribution in [-0.2, 0) is 20.7 Å². The normalized spacial score (nSPS) is 16.1. The van der Waals surface area contributed by atoms with Crippen LogP contribution in [0.2, 0.25) is 0 Å². The first-order chi connectivity index (χ1) is 10.7. The molecule has 1 saturated heterocycles. The topological polar surface area (TPSA) is 51.3 Å². The smallest absolute Gasteiger partial charge is 0.310 e. The lowest BCUT2D eigenvalue weighted by Gasteiger charge is -2.21. The molecule has 2 aromatic rings. The summed E-state index contributed by atoms with van der Waals surface area (Å²) in [4.78, 5) is 15.2. The van der Waals surface area contributed by atoms with E-state index in [2.05, 4.69) is 24.0 Å². The summed E-state index contributed by atoms with van der Waals surface area (Å²) in [7, 11) is 0. The molecule has 1 aromatic carbocycles. The molecule has 1 aromatic heterocycles. The van der Waals surface area contributed by atoms with Crippen LogP contribution in [0.3, 0.4) is 0 Å². The van der Waals surface area contributed by atoms with Crippen LogP contribution in [0.25, 0.3) is 10.9 Å². The summed E-state index contributed by atoms with van der Waals surface area (Å²) in [6, 6.07) is 6.18. The summed E-state index contributed by atoms with van der Waals surface area (Å²) in [5.41, 5.74) is 4.78. The van der Waals surface area contributed by atoms with E-state index in [9.17, 15) is 4.79 Å². The molecule has 1 aliphatic heterocycles. The van der Waals surface area contributed by atoms with Crippen LogP contribution in [0.15, 0.2) is 18.2 Å². The van der Waals surface area contributed by atoms with E-state index >= 15 is 0 Å². The minimum absolute atomic E-state index is 0.167. The van der Waals surface area contributed by atoms with Crippen molar-refractivity contribution in [3.8, 4) is 0 Å². The van der Waals surface area contributed by atoms with Crippen molar-refractivity contribution in [2.45, 2.75) is 39.0 Å². The summed E-state index contributed by atoms with van der Waals surface area (Å²) in [6.45, 7) is 6.11. The maximum atomic E-state index is 11.6. The number of fused-ring (bicyclic) bond motifs is 1. The lowest BCUT2D eigenvalue weighted by atomic mass is 9.93. The first kappa shape index (κ1) is 15.1. The summed E-state index contributed by atoms with van der Waals surface area (Å²) in [5, 5.41) is 1.21. The van der Waals surface area contributed by atoms with E-state index in [1.165, 1.54) is 16.6 Å². The molecule has 0 radical (unpaired) electrons. The zero-order valence-corrected chi connectivity index (χ0v) is 13.3. The Hall–Kier alpha value is -1.81. The molecule has 118 valence electrons. The number of carbonyl (C=O) groups excluding carboxylic acids is 1. The van der Waals surface area contributed by atoms with Crippen LogP contribution in [0, 0.1) is 6.92 Å². The highest BCUT2D eigenvalue weighted by Gasteiger charge is 2.20. The molecule has 0 bridgehead atoms. The number of rotatable bonds is 4. The first-order valence-corrected chi connectivity index (χ1v) is 8.03. The van der Waals surface area contributed by atoms with E-state index in [0.29, 0.717) is 18.9 Å². The number of nitrogens with one attached hydrogen (secondary N) is 1. The molecule has 2 heterocycles. The Bertz CT molecular complexity index is 668. The number of hydrogen-bond donors (Lipinski definition) is 1. The van der Waals surface area contributed by atoms with Gasteiger partial charge in [-0.15, -0.1) is 0 Å². The van der Waals surface area contributed by atoms with Crippen molar-refractivity contribution in [2.24, 2.45) is 0 Å². The van der Waals surface area contributed by atoms with Crippen molar-refractivity contribution in [2.75, 3.05) is 19.8 Å². The van der Waals surface area contributed by atoms with Crippen LogP contribution in [0.4, 0.5) is 0 Å². The van der Waals surface area contributed by atoms with Crippen molar-refractivity contribution in [3.05, 3.63) is 35.0 Å². The van der Waals surface area contributed by atoms with Crippen LogP contribution < -0.4 is 0 Å². The number of aromatic amines is 1. The number of aromatic nitrogens is 1. The number of carbonyl (C=O) groups is 1. The standard InChI is InChI=1S/C18H23NO3/c1-3-22-17(20)11-13-4-5-16-15(10-13)12(2)18(19-16)14-6-8-21-9-7-14/h4-5,10,14,19H,3,6-9,11H2,1-2H3. The van der Waals surface area contributed by atoms with E-state index in [4.69, 9.17) is 9.47 Å². The second kappa shape index (κ2) is 6.53. The number of benzene rings is 1. The molecule has 1 fully saturated rings. The Morgan fingerprint density at radius 3 is 2.86 bits per heavy atom. The molecule has 4 heteroatoms. The fourth-order valence-electron chi connectivity index (χ4n) is 3.28. The van der Waals surface area contributed by atoms with Crippen LogP contribution >= 0.6 is 0 Å². The Labute approximate surface area is 130 Å². The summed E-state index contributed by atoms with van der Waals surface area (Å²) in [5.74, 6) is 0.384. The van der Waals surface area contributed by atoms with Gasteiger partial charge >= 0.3 is 5.97 Å². The average molecular weight is 301 g/mol. The van der Waals surface area contributed by atoms with Gasteiger partial charge in [0.1, 0.15) is 0 Å². The maximum Gasteiger partial charge on any atom is 0.310 e. The molecule has 0 spiro atoms. The monoisotopic (exact) mass is 301 g/mol. The zero-order valence-electron chi connectivity index (χ0n) is 13.3. The minimum Gasteiger partial charge on any atom is -0.466 e. The van der Waals surface area contributed by atoms with Crippen LogP contribution in [0.5, 0.6) is 0 Å². The van der Waals surface area contributed by atoms with Crippen LogP contribution in [0.1, 0.15) is 42.5 Å². The highest BCUT2D eigenvalue weighted by molar-refractivity contribution is 5.86. The Kier molecular flexibility index (Phi) is 4.48. The molecule has 22 heavy (non-hydrogen) atoms. The minimum atomic E-state index is -0.167. The predicted molar refractivity (Wildman–Crippen MR) is 86.2 cm³/mol. The molecule has 0 amide bonds.